The minimum atomic E-state index is -1.07. The van der Waals surface area contributed by atoms with Crippen LogP contribution in [0.3, 0.4) is 0 Å². The third kappa shape index (κ3) is 6.87. The summed E-state index contributed by atoms with van der Waals surface area (Å²) in [6, 6.07) is -1.03. The zero-order chi connectivity index (χ0) is 12.0. The average Bonchev–Trinajstić information content (AvgIpc) is 2.00. The smallest absolute Gasteiger partial charge is 0.305 e. The van der Waals surface area contributed by atoms with Gasteiger partial charge < -0.3 is 21.1 Å². The predicted octanol–water partition coefficient (Wildman–Crippen LogP) is -1.15. The lowest BCUT2D eigenvalue weighted by atomic mass is 10.2. The van der Waals surface area contributed by atoms with Crippen LogP contribution in [0.5, 0.6) is 0 Å². The van der Waals surface area contributed by atoms with E-state index in [0.29, 0.717) is 6.54 Å². The second-order valence-electron chi connectivity index (χ2n) is 3.88. The highest BCUT2D eigenvalue weighted by Crippen LogP contribution is 1.91. The Morgan fingerprint density at radius 2 is 2.00 bits per heavy atom. The van der Waals surface area contributed by atoms with E-state index in [1.807, 2.05) is 25.9 Å². The number of nitrogens with one attached hydrogen (secondary N) is 1. The summed E-state index contributed by atoms with van der Waals surface area (Å²) in [4.78, 5) is 23.6. The normalized spacial score (nSPS) is 14.7. The van der Waals surface area contributed by atoms with Crippen molar-refractivity contribution in [2.75, 3.05) is 20.6 Å². The van der Waals surface area contributed by atoms with Crippen LogP contribution in [0.2, 0.25) is 0 Å². The molecule has 2 unspecified atom stereocenters. The summed E-state index contributed by atoms with van der Waals surface area (Å²) in [5.74, 6) is -1.50. The highest BCUT2D eigenvalue weighted by molar-refractivity contribution is 5.86. The third-order valence-corrected chi connectivity index (χ3v) is 1.76. The largest absolute Gasteiger partial charge is 0.481 e. The number of nitrogens with two attached hydrogens (primary N) is 1. The van der Waals surface area contributed by atoms with Crippen molar-refractivity contribution in [1.29, 1.82) is 0 Å². The van der Waals surface area contributed by atoms with Crippen molar-refractivity contribution in [2.24, 2.45) is 5.73 Å². The van der Waals surface area contributed by atoms with E-state index in [1.165, 1.54) is 0 Å². The number of likely N-dealkylation sites (N-methyl/N-ethyl adjacent to an activating group) is 1. The van der Waals surface area contributed by atoms with Crippen LogP contribution in [0, 0.1) is 0 Å². The molecule has 0 aliphatic rings. The second-order valence-corrected chi connectivity index (χ2v) is 3.88. The van der Waals surface area contributed by atoms with Gasteiger partial charge in [-0.05, 0) is 21.0 Å². The van der Waals surface area contributed by atoms with Gasteiger partial charge in [-0.2, -0.15) is 0 Å². The molecular weight excluding hydrogens is 198 g/mol. The molecule has 1 amide bonds. The molecule has 0 aromatic carbocycles. The minimum Gasteiger partial charge on any atom is -0.481 e. The quantitative estimate of drug-likeness (QED) is 0.522. The van der Waals surface area contributed by atoms with Crippen LogP contribution < -0.4 is 11.1 Å². The maximum atomic E-state index is 11.4. The van der Waals surface area contributed by atoms with E-state index in [2.05, 4.69) is 5.32 Å². The number of carbonyl (C=O) groups excluding carboxylic acids is 1. The SMILES string of the molecule is CC(CN(C)C)NC(=O)C(N)CC(=O)O. The summed E-state index contributed by atoms with van der Waals surface area (Å²) in [5.41, 5.74) is 5.39. The van der Waals surface area contributed by atoms with E-state index in [0.717, 1.165) is 0 Å². The van der Waals surface area contributed by atoms with Gasteiger partial charge in [0, 0.05) is 12.6 Å². The van der Waals surface area contributed by atoms with E-state index in [9.17, 15) is 9.59 Å². The molecule has 6 nitrogen and oxygen atoms in total. The number of amides is 1. The van der Waals surface area contributed by atoms with E-state index < -0.39 is 17.9 Å². The Kier molecular flexibility index (Phi) is 5.88. The standard InChI is InChI=1S/C9H19N3O3/c1-6(5-12(2)3)11-9(15)7(10)4-8(13)14/h6-7H,4-5,10H2,1-3H3,(H,11,15)(H,13,14). The van der Waals surface area contributed by atoms with Gasteiger partial charge in [-0.3, -0.25) is 9.59 Å². The molecule has 0 radical (unpaired) electrons. The lowest BCUT2D eigenvalue weighted by Crippen LogP contribution is -2.48. The van der Waals surface area contributed by atoms with Gasteiger partial charge in [0.05, 0.1) is 12.5 Å². The molecule has 0 aliphatic carbocycles. The van der Waals surface area contributed by atoms with E-state index in [4.69, 9.17) is 10.8 Å². The Morgan fingerprint density at radius 1 is 1.47 bits per heavy atom. The number of carbonyl (C=O) groups is 2. The number of hydrogen-bond donors (Lipinski definition) is 3. The number of rotatable bonds is 6. The first kappa shape index (κ1) is 13.9. The molecule has 88 valence electrons. The summed E-state index contributed by atoms with van der Waals surface area (Å²) in [6.45, 7) is 2.52. The third-order valence-electron chi connectivity index (χ3n) is 1.76. The molecule has 0 aliphatic heterocycles. The van der Waals surface area contributed by atoms with Crippen molar-refractivity contribution in [3.8, 4) is 0 Å². The van der Waals surface area contributed by atoms with Crippen molar-refractivity contribution in [3.05, 3.63) is 0 Å². The van der Waals surface area contributed by atoms with Crippen molar-refractivity contribution in [2.45, 2.75) is 25.4 Å². The molecule has 0 saturated carbocycles. The molecule has 0 rings (SSSR count). The molecule has 0 fully saturated rings. The lowest BCUT2D eigenvalue weighted by molar-refractivity contribution is -0.139. The van der Waals surface area contributed by atoms with Gasteiger partial charge in [-0.1, -0.05) is 0 Å². The Bertz CT molecular complexity index is 231. The molecule has 0 bridgehead atoms. The monoisotopic (exact) mass is 217 g/mol. The molecule has 0 heterocycles. The maximum Gasteiger partial charge on any atom is 0.305 e. The minimum absolute atomic E-state index is 0.0488. The Morgan fingerprint density at radius 3 is 2.40 bits per heavy atom. The van der Waals surface area contributed by atoms with Crippen LogP contribution in [-0.2, 0) is 9.59 Å². The van der Waals surface area contributed by atoms with Gasteiger partial charge in [0.1, 0.15) is 0 Å². The van der Waals surface area contributed by atoms with Crippen molar-refractivity contribution in [3.63, 3.8) is 0 Å². The molecule has 0 aromatic rings. The molecular formula is C9H19N3O3. The Labute approximate surface area is 89.4 Å². The molecule has 6 heteroatoms. The first-order valence-corrected chi connectivity index (χ1v) is 4.75. The summed E-state index contributed by atoms with van der Waals surface area (Å²) >= 11 is 0. The fourth-order valence-electron chi connectivity index (χ4n) is 1.22. The second kappa shape index (κ2) is 6.36. The Balaban J connectivity index is 3.95. The number of nitrogens with zero attached hydrogens (tertiary/aromatic N) is 1. The molecule has 4 N–H and O–H groups in total. The lowest BCUT2D eigenvalue weighted by Gasteiger charge is -2.19. The molecule has 0 aromatic heterocycles. The maximum absolute atomic E-state index is 11.4. The highest BCUT2D eigenvalue weighted by Gasteiger charge is 2.18. The van der Waals surface area contributed by atoms with Crippen LogP contribution in [0.1, 0.15) is 13.3 Å². The van der Waals surface area contributed by atoms with Crippen molar-refractivity contribution in [1.82, 2.24) is 10.2 Å². The fourth-order valence-corrected chi connectivity index (χ4v) is 1.22. The first-order chi connectivity index (χ1) is 6.82. The molecule has 15 heavy (non-hydrogen) atoms. The highest BCUT2D eigenvalue weighted by atomic mass is 16.4. The molecule has 2 atom stereocenters. The van der Waals surface area contributed by atoms with E-state index in [1.54, 1.807) is 0 Å². The number of carboxylic acids is 1. The number of carboxylic acid groups (broad SMARTS) is 1. The van der Waals surface area contributed by atoms with E-state index in [-0.39, 0.29) is 12.5 Å². The number of aliphatic carboxylic acids is 1. The van der Waals surface area contributed by atoms with E-state index >= 15 is 0 Å². The number of hydrogen-bond acceptors (Lipinski definition) is 4. The topological polar surface area (TPSA) is 95.7 Å². The molecule has 0 spiro atoms. The van der Waals surface area contributed by atoms with Crippen LogP contribution in [0.4, 0.5) is 0 Å². The zero-order valence-electron chi connectivity index (χ0n) is 9.36. The van der Waals surface area contributed by atoms with Crippen molar-refractivity contribution >= 4 is 11.9 Å². The first-order valence-electron chi connectivity index (χ1n) is 4.75. The predicted molar refractivity (Wildman–Crippen MR) is 56.4 cm³/mol. The van der Waals surface area contributed by atoms with Gasteiger partial charge in [0.2, 0.25) is 5.91 Å². The molecule has 0 saturated heterocycles. The van der Waals surface area contributed by atoms with Crippen LogP contribution in [0.15, 0.2) is 0 Å². The summed E-state index contributed by atoms with van der Waals surface area (Å²) in [7, 11) is 3.78. The Hall–Kier alpha value is -1.14. The van der Waals surface area contributed by atoms with Crippen LogP contribution >= 0.6 is 0 Å². The van der Waals surface area contributed by atoms with Crippen LogP contribution in [-0.4, -0.2) is 54.6 Å². The van der Waals surface area contributed by atoms with Gasteiger partial charge in [0.15, 0.2) is 0 Å². The van der Waals surface area contributed by atoms with Gasteiger partial charge in [0.25, 0.3) is 0 Å². The summed E-state index contributed by atoms with van der Waals surface area (Å²) in [5, 5.41) is 11.1. The fraction of sp³-hybridized carbons (Fsp3) is 0.778. The van der Waals surface area contributed by atoms with Gasteiger partial charge in [-0.15, -0.1) is 0 Å². The van der Waals surface area contributed by atoms with Gasteiger partial charge >= 0.3 is 5.97 Å². The average molecular weight is 217 g/mol. The van der Waals surface area contributed by atoms with Crippen LogP contribution in [0.25, 0.3) is 0 Å². The van der Waals surface area contributed by atoms with Gasteiger partial charge in [-0.25, -0.2) is 0 Å². The summed E-state index contributed by atoms with van der Waals surface area (Å²) in [6.07, 6.45) is -0.347. The zero-order valence-corrected chi connectivity index (χ0v) is 9.36. The van der Waals surface area contributed by atoms with Crippen molar-refractivity contribution < 1.29 is 14.7 Å². The summed E-state index contributed by atoms with van der Waals surface area (Å²) < 4.78 is 0.